The van der Waals surface area contributed by atoms with Crippen molar-refractivity contribution in [3.63, 3.8) is 0 Å². The highest BCUT2D eigenvalue weighted by Crippen LogP contribution is 2.23. The number of carboxylic acids is 1. The van der Waals surface area contributed by atoms with Crippen LogP contribution in [-0.4, -0.2) is 87.7 Å². The zero-order chi connectivity index (χ0) is 33.1. The molecule has 1 aliphatic rings. The molecule has 2 atom stereocenters. The number of aliphatic carboxylic acids is 1. The number of hydroxylamine groups is 1. The molecule has 1 aliphatic heterocycles. The Hall–Kier alpha value is -4.45. The van der Waals surface area contributed by atoms with Gasteiger partial charge in [-0.3, -0.25) is 14.1 Å². The van der Waals surface area contributed by atoms with Crippen molar-refractivity contribution >= 4 is 28.8 Å². The average Bonchev–Trinajstić information content (AvgIpc) is 3.06. The van der Waals surface area contributed by atoms with E-state index in [4.69, 9.17) is 14.3 Å². The summed E-state index contributed by atoms with van der Waals surface area (Å²) in [4.78, 5) is 32.4. The number of carbonyl (C=O) groups is 2. The second kappa shape index (κ2) is 16.7. The molecule has 1 amide bonds. The minimum absolute atomic E-state index is 0.264. The summed E-state index contributed by atoms with van der Waals surface area (Å²) < 4.78 is 33.8. The maximum atomic E-state index is 13.0. The van der Waals surface area contributed by atoms with Crippen molar-refractivity contribution in [3.8, 4) is 23.3 Å². The van der Waals surface area contributed by atoms with E-state index in [2.05, 4.69) is 22.2 Å². The van der Waals surface area contributed by atoms with Gasteiger partial charge in [0, 0.05) is 50.1 Å². The lowest BCUT2D eigenvalue weighted by atomic mass is 10.1. The molecule has 3 N–H and O–H groups in total. The maximum Gasteiger partial charge on any atom is 0.323 e. The standard InChI is InChI=1S/C33H38N4O8S/c1-24(2)31(33(39)40)37(46(41)42)36-19-17-35(18-20-36)27-14-11-25(12-15-27)9-10-26-13-16-30(44-22-21-43-3)29(23-26)32(38)34-45-28-7-5-4-6-8-28/h4-8,11-16,23-24,31H,17-22H2,1-3H3,(H,34,38)(H,39,40)(H,41,42). The van der Waals surface area contributed by atoms with Gasteiger partial charge in [0.05, 0.1) is 12.2 Å². The molecule has 244 valence electrons. The highest BCUT2D eigenvalue weighted by Gasteiger charge is 2.38. The van der Waals surface area contributed by atoms with E-state index in [1.807, 2.05) is 30.3 Å². The van der Waals surface area contributed by atoms with E-state index in [9.17, 15) is 23.5 Å². The number of benzene rings is 3. The zero-order valence-corrected chi connectivity index (χ0v) is 26.7. The number of hydrazine groups is 1. The average molecular weight is 651 g/mol. The number of para-hydroxylation sites is 1. The van der Waals surface area contributed by atoms with Crippen molar-refractivity contribution in [1.82, 2.24) is 14.9 Å². The third kappa shape index (κ3) is 9.29. The maximum absolute atomic E-state index is 13.0. The first kappa shape index (κ1) is 34.4. The number of amides is 1. The summed E-state index contributed by atoms with van der Waals surface area (Å²) in [6.45, 7) is 5.92. The van der Waals surface area contributed by atoms with Gasteiger partial charge in [-0.15, -0.1) is 4.41 Å². The highest BCUT2D eigenvalue weighted by molar-refractivity contribution is 7.76. The Kier molecular flexibility index (Phi) is 12.5. The molecule has 1 heterocycles. The fourth-order valence-electron chi connectivity index (χ4n) is 4.85. The lowest BCUT2D eigenvalue weighted by molar-refractivity contribution is -0.148. The van der Waals surface area contributed by atoms with Gasteiger partial charge < -0.3 is 24.3 Å². The molecular formula is C33H38N4O8S. The van der Waals surface area contributed by atoms with Gasteiger partial charge in [-0.25, -0.2) is 9.22 Å². The summed E-state index contributed by atoms with van der Waals surface area (Å²) >= 11 is -2.46. The molecule has 0 aliphatic carbocycles. The summed E-state index contributed by atoms with van der Waals surface area (Å²) in [6, 6.07) is 20.6. The number of hydrogen-bond acceptors (Lipinski definition) is 8. The third-order valence-electron chi connectivity index (χ3n) is 7.17. The molecule has 12 nitrogen and oxygen atoms in total. The van der Waals surface area contributed by atoms with Gasteiger partial charge >= 0.3 is 5.97 Å². The predicted octanol–water partition coefficient (Wildman–Crippen LogP) is 3.42. The van der Waals surface area contributed by atoms with Gasteiger partial charge in [0.25, 0.3) is 5.91 Å². The van der Waals surface area contributed by atoms with Gasteiger partial charge in [-0.1, -0.05) is 43.9 Å². The van der Waals surface area contributed by atoms with Gasteiger partial charge in [-0.05, 0) is 60.5 Å². The number of carbonyl (C=O) groups excluding carboxylic acids is 1. The van der Waals surface area contributed by atoms with E-state index in [1.54, 1.807) is 68.4 Å². The van der Waals surface area contributed by atoms with Crippen LogP contribution in [0.5, 0.6) is 11.5 Å². The van der Waals surface area contributed by atoms with Crippen molar-refractivity contribution in [2.24, 2.45) is 5.92 Å². The van der Waals surface area contributed by atoms with E-state index in [0.29, 0.717) is 49.8 Å². The topological polar surface area (TPSA) is 141 Å². The first-order chi connectivity index (χ1) is 22.2. The highest BCUT2D eigenvalue weighted by atomic mass is 32.2. The Bertz CT molecular complexity index is 1550. The molecule has 0 bridgehead atoms. The molecular weight excluding hydrogens is 612 g/mol. The minimum atomic E-state index is -2.46. The predicted molar refractivity (Wildman–Crippen MR) is 173 cm³/mol. The number of anilines is 1. The molecule has 13 heteroatoms. The summed E-state index contributed by atoms with van der Waals surface area (Å²) in [5.41, 5.74) is 5.05. The molecule has 4 rings (SSSR count). The number of ether oxygens (including phenoxy) is 2. The molecule has 46 heavy (non-hydrogen) atoms. The molecule has 2 unspecified atom stereocenters. The lowest BCUT2D eigenvalue weighted by Gasteiger charge is -2.42. The quantitative estimate of drug-likeness (QED) is 0.109. The van der Waals surface area contributed by atoms with Crippen LogP contribution in [0.15, 0.2) is 72.8 Å². The monoisotopic (exact) mass is 650 g/mol. The third-order valence-corrected chi connectivity index (χ3v) is 7.95. The summed E-state index contributed by atoms with van der Waals surface area (Å²) in [7, 11) is 1.57. The molecule has 1 saturated heterocycles. The van der Waals surface area contributed by atoms with Crippen molar-refractivity contribution in [3.05, 3.63) is 89.5 Å². The van der Waals surface area contributed by atoms with Gasteiger partial charge in [0.1, 0.15) is 18.4 Å². The Morgan fingerprint density at radius 1 is 0.957 bits per heavy atom. The summed E-state index contributed by atoms with van der Waals surface area (Å²) in [5, 5.41) is 11.3. The van der Waals surface area contributed by atoms with E-state index >= 15 is 0 Å². The van der Waals surface area contributed by atoms with Crippen LogP contribution in [-0.2, 0) is 20.8 Å². The number of rotatable bonds is 13. The molecule has 3 aromatic carbocycles. The van der Waals surface area contributed by atoms with E-state index in [-0.39, 0.29) is 18.1 Å². The van der Waals surface area contributed by atoms with E-state index in [1.165, 1.54) is 0 Å². The van der Waals surface area contributed by atoms with E-state index < -0.39 is 29.2 Å². The fraction of sp³-hybridized carbons (Fsp3) is 0.333. The smallest absolute Gasteiger partial charge is 0.323 e. The van der Waals surface area contributed by atoms with Crippen molar-refractivity contribution in [2.45, 2.75) is 19.9 Å². The first-order valence-electron chi connectivity index (χ1n) is 14.7. The van der Waals surface area contributed by atoms with Crippen LogP contribution in [0.2, 0.25) is 0 Å². The van der Waals surface area contributed by atoms with Crippen LogP contribution in [0.4, 0.5) is 5.69 Å². The van der Waals surface area contributed by atoms with Crippen LogP contribution < -0.4 is 20.0 Å². The number of piperazine rings is 1. The van der Waals surface area contributed by atoms with Crippen molar-refractivity contribution in [2.75, 3.05) is 51.4 Å². The first-order valence-corrected chi connectivity index (χ1v) is 15.8. The number of carboxylic acid groups (broad SMARTS) is 1. The second-order valence-electron chi connectivity index (χ2n) is 10.7. The van der Waals surface area contributed by atoms with E-state index in [0.717, 1.165) is 15.7 Å². The van der Waals surface area contributed by atoms with Crippen LogP contribution in [0.1, 0.15) is 35.3 Å². The zero-order valence-electron chi connectivity index (χ0n) is 25.9. The number of nitrogens with zero attached hydrogens (tertiary/aromatic N) is 3. The fourth-order valence-corrected chi connectivity index (χ4v) is 5.74. The Labute approximate surface area is 271 Å². The normalized spacial score (nSPS) is 14.7. The molecule has 0 radical (unpaired) electrons. The molecule has 0 saturated carbocycles. The largest absolute Gasteiger partial charge is 0.490 e. The number of methoxy groups -OCH3 is 1. The van der Waals surface area contributed by atoms with Crippen molar-refractivity contribution < 1.29 is 37.8 Å². The van der Waals surface area contributed by atoms with Gasteiger partial charge in [-0.2, -0.15) is 5.48 Å². The molecule has 0 spiro atoms. The summed E-state index contributed by atoms with van der Waals surface area (Å²) in [6.07, 6.45) is 0. The van der Waals surface area contributed by atoms with Gasteiger partial charge in [0.15, 0.2) is 5.75 Å². The summed E-state index contributed by atoms with van der Waals surface area (Å²) in [5.74, 6) is 5.11. The Morgan fingerprint density at radius 3 is 2.22 bits per heavy atom. The molecule has 0 aromatic heterocycles. The molecule has 1 fully saturated rings. The van der Waals surface area contributed by atoms with Crippen LogP contribution in [0, 0.1) is 17.8 Å². The van der Waals surface area contributed by atoms with Crippen LogP contribution >= 0.6 is 0 Å². The van der Waals surface area contributed by atoms with Crippen molar-refractivity contribution in [1.29, 1.82) is 0 Å². The van der Waals surface area contributed by atoms with Crippen LogP contribution in [0.3, 0.4) is 0 Å². The lowest BCUT2D eigenvalue weighted by Crippen LogP contribution is -2.60. The Balaban J connectivity index is 1.42. The number of nitrogens with one attached hydrogen (secondary N) is 1. The minimum Gasteiger partial charge on any atom is -0.490 e. The second-order valence-corrected chi connectivity index (χ2v) is 11.5. The van der Waals surface area contributed by atoms with Gasteiger partial charge in [0.2, 0.25) is 11.3 Å². The number of hydrogen-bond donors (Lipinski definition) is 3. The van der Waals surface area contributed by atoms with Crippen LogP contribution in [0.25, 0.3) is 0 Å². The Morgan fingerprint density at radius 2 is 1.61 bits per heavy atom. The SMILES string of the molecule is COCCOc1ccc(C#Cc2ccc(N3CCN(N(C(C(=O)O)C(C)C)S(=O)O)CC3)cc2)cc1C(=O)NOc1ccccc1. The molecule has 3 aromatic rings.